The maximum atomic E-state index is 14.1. The average molecular weight is 647 g/mol. The van der Waals surface area contributed by atoms with Gasteiger partial charge in [-0.05, 0) is 80.2 Å². The van der Waals surface area contributed by atoms with Gasteiger partial charge in [0, 0.05) is 39.3 Å². The van der Waals surface area contributed by atoms with Crippen LogP contribution in [0.2, 0.25) is 0 Å². The Balaban J connectivity index is 1.14. The summed E-state index contributed by atoms with van der Waals surface area (Å²) in [5, 5.41) is 25.8. The number of hydrogen-bond acceptors (Lipinski definition) is 8. The Hall–Kier alpha value is -5.20. The fourth-order valence-electron chi connectivity index (χ4n) is 6.48. The smallest absolute Gasteiger partial charge is 0.173 e. The minimum atomic E-state index is -0.293. The second-order valence-electron chi connectivity index (χ2n) is 12.0. The molecule has 0 bridgehead atoms. The van der Waals surface area contributed by atoms with Crippen molar-refractivity contribution in [3.63, 3.8) is 0 Å². The number of benzene rings is 4. The van der Waals surface area contributed by atoms with Crippen LogP contribution in [0, 0.1) is 11.6 Å². The van der Waals surface area contributed by atoms with E-state index in [0.717, 1.165) is 24.0 Å². The lowest BCUT2D eigenvalue weighted by atomic mass is 10.0. The number of rotatable bonds is 12. The third kappa shape index (κ3) is 7.19. The van der Waals surface area contributed by atoms with Crippen molar-refractivity contribution in [1.82, 2.24) is 50.2 Å². The Morgan fingerprint density at radius 1 is 0.500 bits per heavy atom. The molecule has 2 atom stereocenters. The van der Waals surface area contributed by atoms with Crippen LogP contribution >= 0.6 is 0 Å². The molecule has 0 aliphatic carbocycles. The van der Waals surface area contributed by atoms with Gasteiger partial charge in [0.25, 0.3) is 0 Å². The zero-order valence-electron chi connectivity index (χ0n) is 26.4. The van der Waals surface area contributed by atoms with E-state index < -0.39 is 0 Å². The van der Waals surface area contributed by atoms with E-state index in [1.54, 1.807) is 0 Å². The predicted octanol–water partition coefficient (Wildman–Crippen LogP) is 4.92. The van der Waals surface area contributed by atoms with E-state index in [-0.39, 0.29) is 23.7 Å². The van der Waals surface area contributed by atoms with Crippen molar-refractivity contribution in [3.8, 4) is 0 Å². The normalized spacial score (nSPS) is 15.4. The fraction of sp³-hybridized carbons (Fsp3) is 0.278. The van der Waals surface area contributed by atoms with E-state index >= 15 is 0 Å². The largest absolute Gasteiger partial charge is 0.287 e. The van der Waals surface area contributed by atoms with Crippen molar-refractivity contribution >= 4 is 0 Å². The van der Waals surface area contributed by atoms with Gasteiger partial charge in [0.05, 0.1) is 12.1 Å². The van der Waals surface area contributed by atoms with Gasteiger partial charge in [-0.2, -0.15) is 0 Å². The Morgan fingerprint density at radius 3 is 1.25 bits per heavy atom. The molecule has 0 radical (unpaired) electrons. The van der Waals surface area contributed by atoms with Crippen molar-refractivity contribution in [2.24, 2.45) is 0 Å². The van der Waals surface area contributed by atoms with Crippen molar-refractivity contribution in [2.75, 3.05) is 26.2 Å². The van der Waals surface area contributed by atoms with Crippen LogP contribution in [0.3, 0.4) is 0 Å². The summed E-state index contributed by atoms with van der Waals surface area (Å²) >= 11 is 0. The van der Waals surface area contributed by atoms with E-state index in [1.165, 1.54) is 35.4 Å². The highest BCUT2D eigenvalue weighted by Gasteiger charge is 2.35. The van der Waals surface area contributed by atoms with Crippen LogP contribution in [0.25, 0.3) is 0 Å². The highest BCUT2D eigenvalue weighted by Crippen LogP contribution is 2.33. The summed E-state index contributed by atoms with van der Waals surface area (Å²) in [6.07, 6.45) is 1.56. The molecule has 244 valence electrons. The van der Waals surface area contributed by atoms with Crippen molar-refractivity contribution in [1.29, 1.82) is 0 Å². The molecule has 7 rings (SSSR count). The van der Waals surface area contributed by atoms with E-state index in [0.29, 0.717) is 50.9 Å². The van der Waals surface area contributed by atoms with Crippen LogP contribution in [0.4, 0.5) is 8.78 Å². The van der Waals surface area contributed by atoms with Crippen LogP contribution in [0.15, 0.2) is 109 Å². The standard InChI is InChI=1S/C36H36F2N10/c37-31-15-11-29(12-16-31)33(35-39-41-43-47(35)21-19-27-7-3-1-4-8-27)45-23-25-46(26-24-45)34(30-13-17-32(38)18-14-30)36-40-42-44-48(36)22-20-28-9-5-2-6-10-28/h1-18,33-34H,19-26H2. The predicted molar refractivity (Wildman–Crippen MR) is 176 cm³/mol. The average Bonchev–Trinajstić information content (AvgIpc) is 3.80. The molecule has 1 aliphatic heterocycles. The van der Waals surface area contributed by atoms with Crippen molar-refractivity contribution in [3.05, 3.63) is 155 Å². The second-order valence-corrected chi connectivity index (χ2v) is 12.0. The fourth-order valence-corrected chi connectivity index (χ4v) is 6.48. The summed E-state index contributed by atoms with van der Waals surface area (Å²) in [5.74, 6) is 0.841. The zero-order valence-corrected chi connectivity index (χ0v) is 26.4. The summed E-state index contributed by atoms with van der Waals surface area (Å²) in [4.78, 5) is 4.68. The van der Waals surface area contributed by atoms with Gasteiger partial charge in [-0.15, -0.1) is 10.2 Å². The molecule has 10 nitrogen and oxygen atoms in total. The number of halogens is 2. The highest BCUT2D eigenvalue weighted by molar-refractivity contribution is 5.28. The zero-order chi connectivity index (χ0) is 32.7. The summed E-state index contributed by atoms with van der Waals surface area (Å²) < 4.78 is 31.8. The van der Waals surface area contributed by atoms with Crippen LogP contribution in [-0.4, -0.2) is 76.4 Å². The minimum Gasteiger partial charge on any atom is -0.287 e. The Bertz CT molecular complexity index is 1730. The number of hydrogen-bond donors (Lipinski definition) is 0. The van der Waals surface area contributed by atoms with E-state index in [2.05, 4.69) is 65.1 Å². The molecule has 4 aromatic carbocycles. The third-order valence-electron chi connectivity index (χ3n) is 8.97. The third-order valence-corrected chi connectivity index (χ3v) is 8.97. The second kappa shape index (κ2) is 14.7. The number of nitrogens with zero attached hydrogens (tertiary/aromatic N) is 10. The maximum Gasteiger partial charge on any atom is 0.173 e. The first-order valence-electron chi connectivity index (χ1n) is 16.2. The van der Waals surface area contributed by atoms with Gasteiger partial charge in [-0.25, -0.2) is 18.1 Å². The molecule has 0 spiro atoms. The molecule has 3 heterocycles. The highest BCUT2D eigenvalue weighted by atomic mass is 19.1. The van der Waals surface area contributed by atoms with Gasteiger partial charge in [0.2, 0.25) is 0 Å². The van der Waals surface area contributed by atoms with Gasteiger partial charge in [-0.3, -0.25) is 9.80 Å². The van der Waals surface area contributed by atoms with Crippen LogP contribution < -0.4 is 0 Å². The van der Waals surface area contributed by atoms with E-state index in [9.17, 15) is 8.78 Å². The minimum absolute atomic E-state index is 0.279. The first-order chi connectivity index (χ1) is 23.6. The number of aromatic nitrogens is 8. The molecular weight excluding hydrogens is 610 g/mol. The lowest BCUT2D eigenvalue weighted by molar-refractivity contribution is 0.0822. The Morgan fingerprint density at radius 2 is 0.875 bits per heavy atom. The summed E-state index contributed by atoms with van der Waals surface area (Å²) in [6.45, 7) is 3.94. The van der Waals surface area contributed by atoms with E-state index in [1.807, 2.05) is 70.0 Å². The van der Waals surface area contributed by atoms with Crippen LogP contribution in [0.1, 0.15) is 46.0 Å². The van der Waals surface area contributed by atoms with Crippen LogP contribution in [0.5, 0.6) is 0 Å². The van der Waals surface area contributed by atoms with Gasteiger partial charge in [-0.1, -0.05) is 84.9 Å². The molecule has 1 saturated heterocycles. The summed E-state index contributed by atoms with van der Waals surface area (Å²) in [7, 11) is 0. The number of piperazine rings is 1. The van der Waals surface area contributed by atoms with Gasteiger partial charge in [0.1, 0.15) is 11.6 Å². The molecule has 1 fully saturated rings. The summed E-state index contributed by atoms with van der Waals surface area (Å²) in [5.41, 5.74) is 4.23. The molecule has 0 saturated carbocycles. The molecule has 0 N–H and O–H groups in total. The van der Waals surface area contributed by atoms with Gasteiger partial charge >= 0.3 is 0 Å². The van der Waals surface area contributed by atoms with Gasteiger partial charge in [0.15, 0.2) is 11.6 Å². The quantitative estimate of drug-likeness (QED) is 0.185. The van der Waals surface area contributed by atoms with Crippen LogP contribution in [-0.2, 0) is 25.9 Å². The molecule has 6 aromatic rings. The molecule has 12 heteroatoms. The van der Waals surface area contributed by atoms with Crippen molar-refractivity contribution in [2.45, 2.75) is 38.0 Å². The lowest BCUT2D eigenvalue weighted by Crippen LogP contribution is -2.50. The maximum absolute atomic E-state index is 14.1. The molecule has 1 aliphatic rings. The lowest BCUT2D eigenvalue weighted by Gasteiger charge is -2.41. The Kier molecular flexibility index (Phi) is 9.62. The molecule has 48 heavy (non-hydrogen) atoms. The number of tetrazole rings is 2. The first-order valence-corrected chi connectivity index (χ1v) is 16.2. The van der Waals surface area contributed by atoms with E-state index in [4.69, 9.17) is 0 Å². The number of aryl methyl sites for hydroxylation is 4. The first kappa shape index (κ1) is 31.4. The monoisotopic (exact) mass is 646 g/mol. The van der Waals surface area contributed by atoms with Gasteiger partial charge < -0.3 is 0 Å². The SMILES string of the molecule is Fc1ccc(C(c2nnnn2CCc2ccccc2)N2CCN(C(c3ccc(F)cc3)c3nnnn3CCc3ccccc3)CC2)cc1. The van der Waals surface area contributed by atoms with Crippen molar-refractivity contribution < 1.29 is 8.78 Å². The summed E-state index contributed by atoms with van der Waals surface area (Å²) in [6, 6.07) is 33.1. The molecular formula is C36H36F2N10. The molecule has 2 aromatic heterocycles. The Labute approximate surface area is 277 Å². The molecule has 0 amide bonds. The molecule has 2 unspecified atom stereocenters. The topological polar surface area (TPSA) is 93.7 Å².